The van der Waals surface area contributed by atoms with Crippen molar-refractivity contribution in [3.05, 3.63) is 36.5 Å². The first kappa shape index (κ1) is 56.6. The Morgan fingerprint density at radius 1 is 0.339 bits per heavy atom. The number of unbranched alkanes of at least 4 members (excludes halogenated alkanes) is 29. The minimum absolute atomic E-state index is 0.0742. The van der Waals surface area contributed by atoms with Gasteiger partial charge in [-0.2, -0.15) is 0 Å². The number of hydrogen-bond donors (Lipinski definition) is 0. The van der Waals surface area contributed by atoms with Crippen LogP contribution in [0.3, 0.4) is 0 Å². The molecule has 0 aromatic carbocycles. The second-order valence-electron chi connectivity index (χ2n) is 17.1. The van der Waals surface area contributed by atoms with E-state index in [-0.39, 0.29) is 31.1 Å². The monoisotopic (exact) mass is 829 g/mol. The maximum Gasteiger partial charge on any atom is 0.306 e. The van der Waals surface area contributed by atoms with Crippen molar-refractivity contribution in [2.75, 3.05) is 13.2 Å². The van der Waals surface area contributed by atoms with Crippen molar-refractivity contribution in [3.8, 4) is 0 Å². The molecule has 0 heterocycles. The summed E-state index contributed by atoms with van der Waals surface area (Å²) in [6.45, 7) is 6.57. The molecule has 0 radical (unpaired) electrons. The number of allylic oxidation sites excluding steroid dienone is 6. The Hall–Kier alpha value is -2.37. The Morgan fingerprint density at radius 2 is 0.627 bits per heavy atom. The summed E-state index contributed by atoms with van der Waals surface area (Å²) in [6.07, 6.45) is 55.5. The highest BCUT2D eigenvalue weighted by Crippen LogP contribution is 2.15. The third kappa shape index (κ3) is 46.5. The highest BCUT2D eigenvalue weighted by atomic mass is 16.6. The van der Waals surface area contributed by atoms with E-state index in [1.165, 1.54) is 148 Å². The van der Waals surface area contributed by atoms with Crippen LogP contribution >= 0.6 is 0 Å². The quantitative estimate of drug-likeness (QED) is 0.0263. The van der Waals surface area contributed by atoms with Gasteiger partial charge in [0.05, 0.1) is 0 Å². The Balaban J connectivity index is 4.29. The molecule has 59 heavy (non-hydrogen) atoms. The number of carbonyl (C=O) groups excluding carboxylic acids is 3. The van der Waals surface area contributed by atoms with Gasteiger partial charge in [0, 0.05) is 19.3 Å². The summed E-state index contributed by atoms with van der Waals surface area (Å²) >= 11 is 0. The van der Waals surface area contributed by atoms with Crippen LogP contribution < -0.4 is 0 Å². The van der Waals surface area contributed by atoms with Crippen molar-refractivity contribution in [2.24, 2.45) is 0 Å². The summed E-state index contributed by atoms with van der Waals surface area (Å²) in [6, 6.07) is 0. The van der Waals surface area contributed by atoms with Crippen molar-refractivity contribution in [2.45, 2.75) is 271 Å². The van der Waals surface area contributed by atoms with Gasteiger partial charge < -0.3 is 14.2 Å². The molecule has 0 saturated heterocycles. The third-order valence-electron chi connectivity index (χ3n) is 11.1. The number of rotatable bonds is 46. The summed E-state index contributed by atoms with van der Waals surface area (Å²) in [5, 5.41) is 0. The predicted octanol–water partition coefficient (Wildman–Crippen LogP) is 16.5. The molecular weight excluding hydrogens is 733 g/mol. The second kappa shape index (κ2) is 48.3. The van der Waals surface area contributed by atoms with E-state index in [0.717, 1.165) is 77.0 Å². The van der Waals surface area contributed by atoms with Gasteiger partial charge in [0.1, 0.15) is 13.2 Å². The predicted molar refractivity (Wildman–Crippen MR) is 252 cm³/mol. The van der Waals surface area contributed by atoms with E-state index >= 15 is 0 Å². The van der Waals surface area contributed by atoms with Gasteiger partial charge in [-0.05, 0) is 70.6 Å². The molecule has 0 spiro atoms. The first-order chi connectivity index (χ1) is 29.0. The normalized spacial score (nSPS) is 12.3. The van der Waals surface area contributed by atoms with Crippen LogP contribution in [0.15, 0.2) is 36.5 Å². The molecule has 0 saturated carbocycles. The topological polar surface area (TPSA) is 78.9 Å². The molecule has 0 aliphatic heterocycles. The van der Waals surface area contributed by atoms with Gasteiger partial charge in [0.15, 0.2) is 6.10 Å². The van der Waals surface area contributed by atoms with Gasteiger partial charge in [0.2, 0.25) is 0 Å². The van der Waals surface area contributed by atoms with E-state index in [1.807, 2.05) is 0 Å². The summed E-state index contributed by atoms with van der Waals surface area (Å²) < 4.78 is 16.8. The van der Waals surface area contributed by atoms with Crippen LogP contribution in [0.4, 0.5) is 0 Å². The molecule has 0 aliphatic rings. The van der Waals surface area contributed by atoms with Gasteiger partial charge in [0.25, 0.3) is 0 Å². The largest absolute Gasteiger partial charge is 0.462 e. The molecule has 0 aliphatic carbocycles. The lowest BCUT2D eigenvalue weighted by atomic mass is 10.1. The maximum absolute atomic E-state index is 12.7. The fraction of sp³-hybridized carbons (Fsp3) is 0.830. The van der Waals surface area contributed by atoms with Crippen LogP contribution in [0, 0.1) is 0 Å². The van der Waals surface area contributed by atoms with Crippen molar-refractivity contribution >= 4 is 17.9 Å². The van der Waals surface area contributed by atoms with Gasteiger partial charge in [-0.25, -0.2) is 0 Å². The average molecular weight is 829 g/mol. The lowest BCUT2D eigenvalue weighted by Gasteiger charge is -2.18. The van der Waals surface area contributed by atoms with Gasteiger partial charge in [-0.15, -0.1) is 0 Å². The van der Waals surface area contributed by atoms with E-state index in [9.17, 15) is 14.4 Å². The lowest BCUT2D eigenvalue weighted by Crippen LogP contribution is -2.30. The van der Waals surface area contributed by atoms with Gasteiger partial charge in [-0.1, -0.05) is 211 Å². The number of ether oxygens (including phenoxy) is 3. The standard InChI is InChI=1S/C53H96O6/c1-4-7-10-13-16-19-22-23-24-25-26-27-28-29-32-34-37-40-43-46-52(55)58-49-50(59-53(56)47-44-41-38-35-31-21-18-15-12-9-6-3)48-57-51(54)45-42-39-36-33-30-20-17-14-11-8-5-2/h15-16,18-19,23-24,50H,4-14,17,20-22,25-49H2,1-3H3/b18-15-,19-16-,24-23-/t50-/m1/s1. The zero-order valence-electron chi connectivity index (χ0n) is 39.3. The Morgan fingerprint density at radius 3 is 1.03 bits per heavy atom. The van der Waals surface area contributed by atoms with E-state index in [4.69, 9.17) is 14.2 Å². The van der Waals surface area contributed by atoms with Crippen molar-refractivity contribution in [1.29, 1.82) is 0 Å². The van der Waals surface area contributed by atoms with E-state index < -0.39 is 6.10 Å². The maximum atomic E-state index is 12.7. The number of esters is 3. The summed E-state index contributed by atoms with van der Waals surface area (Å²) in [4.78, 5) is 37.8. The Labute approximate surface area is 365 Å². The molecule has 0 unspecified atom stereocenters. The smallest absolute Gasteiger partial charge is 0.306 e. The van der Waals surface area contributed by atoms with Crippen LogP contribution in [-0.2, 0) is 28.6 Å². The van der Waals surface area contributed by atoms with E-state index in [0.29, 0.717) is 19.3 Å². The molecule has 0 bridgehead atoms. The summed E-state index contributed by atoms with van der Waals surface area (Å²) in [5.74, 6) is -0.882. The molecule has 0 N–H and O–H groups in total. The SMILES string of the molecule is CCCC/C=C\CCCCCCCC(=O)O[C@@H](COC(=O)CCCCCCCCCCC/C=C\C/C=C\CCCCC)COC(=O)CCCCCCCCCCCCC. The fourth-order valence-corrected chi connectivity index (χ4v) is 7.22. The van der Waals surface area contributed by atoms with Crippen molar-refractivity contribution < 1.29 is 28.6 Å². The molecule has 0 amide bonds. The molecule has 0 aromatic rings. The van der Waals surface area contributed by atoms with Gasteiger partial charge >= 0.3 is 17.9 Å². The lowest BCUT2D eigenvalue weighted by molar-refractivity contribution is -0.167. The molecule has 6 heteroatoms. The molecule has 6 nitrogen and oxygen atoms in total. The van der Waals surface area contributed by atoms with Crippen molar-refractivity contribution in [3.63, 3.8) is 0 Å². The molecule has 0 rings (SSSR count). The van der Waals surface area contributed by atoms with Crippen LogP contribution in [0.1, 0.15) is 265 Å². The minimum Gasteiger partial charge on any atom is -0.462 e. The van der Waals surface area contributed by atoms with Crippen molar-refractivity contribution in [1.82, 2.24) is 0 Å². The summed E-state index contributed by atoms with van der Waals surface area (Å²) in [7, 11) is 0. The zero-order valence-corrected chi connectivity index (χ0v) is 39.3. The fourth-order valence-electron chi connectivity index (χ4n) is 7.22. The second-order valence-corrected chi connectivity index (χ2v) is 17.1. The van der Waals surface area contributed by atoms with E-state index in [2.05, 4.69) is 57.2 Å². The number of hydrogen-bond acceptors (Lipinski definition) is 6. The first-order valence-corrected chi connectivity index (χ1v) is 25.5. The Kier molecular flexibility index (Phi) is 46.4. The Bertz CT molecular complexity index is 1000. The van der Waals surface area contributed by atoms with Crippen LogP contribution in [0.2, 0.25) is 0 Å². The molecule has 0 aromatic heterocycles. The van der Waals surface area contributed by atoms with Crippen LogP contribution in [0.5, 0.6) is 0 Å². The third-order valence-corrected chi connectivity index (χ3v) is 11.1. The summed E-state index contributed by atoms with van der Waals surface area (Å²) in [5.41, 5.74) is 0. The first-order valence-electron chi connectivity index (χ1n) is 25.5. The molecular formula is C53H96O6. The minimum atomic E-state index is -0.773. The van der Waals surface area contributed by atoms with Crippen LogP contribution in [0.25, 0.3) is 0 Å². The zero-order chi connectivity index (χ0) is 43.0. The molecule has 0 fully saturated rings. The van der Waals surface area contributed by atoms with Gasteiger partial charge in [-0.3, -0.25) is 14.4 Å². The highest BCUT2D eigenvalue weighted by molar-refractivity contribution is 5.71. The molecule has 344 valence electrons. The highest BCUT2D eigenvalue weighted by Gasteiger charge is 2.19. The molecule has 1 atom stereocenters. The van der Waals surface area contributed by atoms with E-state index in [1.54, 1.807) is 0 Å². The van der Waals surface area contributed by atoms with Crippen LogP contribution in [-0.4, -0.2) is 37.2 Å². The number of carbonyl (C=O) groups is 3. The average Bonchev–Trinajstić information content (AvgIpc) is 3.23.